The third kappa shape index (κ3) is 3.08. The van der Waals surface area contributed by atoms with Crippen molar-refractivity contribution in [2.75, 3.05) is 24.5 Å². The zero-order valence-electron chi connectivity index (χ0n) is 15.9. The van der Waals surface area contributed by atoms with Crippen molar-refractivity contribution in [3.8, 4) is 0 Å². The van der Waals surface area contributed by atoms with E-state index in [0.717, 1.165) is 46.7 Å². The molecule has 3 aromatic rings. The highest BCUT2D eigenvalue weighted by atomic mass is 79.9. The molecule has 2 aliphatic rings. The Kier molecular flexibility index (Phi) is 4.31. The number of carboxylic acid groups (broad SMARTS) is 1. The van der Waals surface area contributed by atoms with Crippen LogP contribution in [0.4, 0.5) is 10.8 Å². The monoisotopic (exact) mass is 460 g/mol. The van der Waals surface area contributed by atoms with Gasteiger partial charge in [0.2, 0.25) is 0 Å². The molecule has 29 heavy (non-hydrogen) atoms. The number of rotatable bonds is 4. The van der Waals surface area contributed by atoms with Gasteiger partial charge in [0.25, 0.3) is 11.6 Å². The quantitative estimate of drug-likeness (QED) is 0.616. The molecule has 0 bridgehead atoms. The summed E-state index contributed by atoms with van der Waals surface area (Å²) in [6, 6.07) is 4.61. The summed E-state index contributed by atoms with van der Waals surface area (Å²) in [5.74, 6) is 0.194. The number of halogens is 1. The Morgan fingerprint density at radius 1 is 1.38 bits per heavy atom. The fraction of sp³-hybridized carbons (Fsp3) is 0.450. The number of pyridine rings is 1. The average Bonchev–Trinajstić information content (AvgIpc) is 3.24. The number of fused-ring (bicyclic) bond motifs is 3. The topological polar surface area (TPSA) is 101 Å². The van der Waals surface area contributed by atoms with Crippen molar-refractivity contribution in [1.29, 1.82) is 0 Å². The fourth-order valence-electron chi connectivity index (χ4n) is 4.24. The molecule has 1 amide bonds. The predicted octanol–water partition coefficient (Wildman–Crippen LogP) is 3.64. The van der Waals surface area contributed by atoms with Crippen LogP contribution in [0, 0.1) is 12.8 Å². The molecule has 0 spiro atoms. The number of aryl methyl sites for hydroxylation is 1. The van der Waals surface area contributed by atoms with E-state index in [1.807, 2.05) is 28.5 Å². The highest BCUT2D eigenvalue weighted by Crippen LogP contribution is 2.40. The highest BCUT2D eigenvalue weighted by Gasteiger charge is 2.32. The zero-order chi connectivity index (χ0) is 20.3. The van der Waals surface area contributed by atoms with E-state index in [9.17, 15) is 9.59 Å². The van der Waals surface area contributed by atoms with Gasteiger partial charge < -0.3 is 24.3 Å². The van der Waals surface area contributed by atoms with Gasteiger partial charge in [-0.05, 0) is 49.8 Å². The van der Waals surface area contributed by atoms with Crippen LogP contribution in [0.15, 0.2) is 25.8 Å². The second-order valence-electron chi connectivity index (χ2n) is 7.94. The Hall–Kier alpha value is -2.55. The zero-order valence-corrected chi connectivity index (χ0v) is 17.5. The van der Waals surface area contributed by atoms with Gasteiger partial charge in [0.05, 0.1) is 5.52 Å². The minimum Gasteiger partial charge on any atom is -0.465 e. The van der Waals surface area contributed by atoms with E-state index < -0.39 is 6.09 Å². The van der Waals surface area contributed by atoms with Crippen LogP contribution >= 0.6 is 15.9 Å². The van der Waals surface area contributed by atoms with E-state index in [4.69, 9.17) is 9.52 Å². The molecule has 5 rings (SSSR count). The third-order valence-electron chi connectivity index (χ3n) is 5.90. The van der Waals surface area contributed by atoms with Crippen molar-refractivity contribution in [3.05, 3.63) is 32.5 Å². The Labute approximate surface area is 174 Å². The fourth-order valence-corrected chi connectivity index (χ4v) is 4.56. The lowest BCUT2D eigenvalue weighted by Crippen LogP contribution is -2.29. The minimum absolute atomic E-state index is 0.102. The number of nitrogens with one attached hydrogen (secondary N) is 1. The largest absolute Gasteiger partial charge is 0.465 e. The summed E-state index contributed by atoms with van der Waals surface area (Å²) >= 11 is 3.58. The first-order valence-electron chi connectivity index (χ1n) is 9.79. The van der Waals surface area contributed by atoms with Crippen LogP contribution in [0.5, 0.6) is 0 Å². The number of benzene rings is 1. The van der Waals surface area contributed by atoms with E-state index in [-0.39, 0.29) is 17.5 Å². The van der Waals surface area contributed by atoms with Gasteiger partial charge in [0.1, 0.15) is 0 Å². The Bertz CT molecular complexity index is 1200. The molecule has 1 aromatic carbocycles. The van der Waals surface area contributed by atoms with Gasteiger partial charge in [-0.3, -0.25) is 4.79 Å². The number of anilines is 1. The Morgan fingerprint density at radius 3 is 2.90 bits per heavy atom. The summed E-state index contributed by atoms with van der Waals surface area (Å²) < 4.78 is 8.97. The SMILES string of the molecule is Cc1c(Br)ccc2c3oc(N4CC[C@@H](CNC(=O)O)C4)nc3c(=O)n(C3CC3)c12. The lowest BCUT2D eigenvalue weighted by atomic mass is 10.1. The molecule has 2 fully saturated rings. The Morgan fingerprint density at radius 2 is 2.17 bits per heavy atom. The van der Waals surface area contributed by atoms with Gasteiger partial charge in [-0.2, -0.15) is 4.98 Å². The van der Waals surface area contributed by atoms with Crippen molar-refractivity contribution < 1.29 is 14.3 Å². The van der Waals surface area contributed by atoms with Gasteiger partial charge in [0, 0.05) is 35.5 Å². The number of hydrogen-bond acceptors (Lipinski definition) is 5. The van der Waals surface area contributed by atoms with Crippen LogP contribution in [-0.4, -0.2) is 40.4 Å². The maximum Gasteiger partial charge on any atom is 0.404 e. The first-order chi connectivity index (χ1) is 13.9. The molecular formula is C20H21BrN4O4. The molecule has 1 aliphatic heterocycles. The van der Waals surface area contributed by atoms with E-state index in [0.29, 0.717) is 30.2 Å². The molecular weight excluding hydrogens is 440 g/mol. The summed E-state index contributed by atoms with van der Waals surface area (Å²) in [5, 5.41) is 12.1. The van der Waals surface area contributed by atoms with E-state index in [1.165, 1.54) is 0 Å². The average molecular weight is 461 g/mol. The first-order valence-corrected chi connectivity index (χ1v) is 10.6. The minimum atomic E-state index is -1.01. The highest BCUT2D eigenvalue weighted by molar-refractivity contribution is 9.10. The number of aromatic nitrogens is 2. The van der Waals surface area contributed by atoms with E-state index in [1.54, 1.807) is 0 Å². The lowest BCUT2D eigenvalue weighted by Gasteiger charge is -2.13. The van der Waals surface area contributed by atoms with Gasteiger partial charge >= 0.3 is 6.09 Å². The molecule has 152 valence electrons. The van der Waals surface area contributed by atoms with Crippen molar-refractivity contribution in [2.24, 2.45) is 5.92 Å². The Balaban J connectivity index is 1.60. The first kappa shape index (κ1) is 18.5. The normalized spacial score (nSPS) is 19.4. The number of nitrogens with zero attached hydrogens (tertiary/aromatic N) is 3. The molecule has 0 unspecified atom stereocenters. The summed E-state index contributed by atoms with van der Waals surface area (Å²) in [4.78, 5) is 30.6. The van der Waals surface area contributed by atoms with E-state index in [2.05, 4.69) is 26.2 Å². The second-order valence-corrected chi connectivity index (χ2v) is 8.79. The van der Waals surface area contributed by atoms with Crippen LogP contribution in [0.1, 0.15) is 30.9 Å². The van der Waals surface area contributed by atoms with Crippen LogP contribution in [-0.2, 0) is 0 Å². The van der Waals surface area contributed by atoms with Crippen molar-refractivity contribution >= 4 is 50.0 Å². The van der Waals surface area contributed by atoms with Gasteiger partial charge in [-0.15, -0.1) is 0 Å². The predicted molar refractivity (Wildman–Crippen MR) is 113 cm³/mol. The number of amides is 1. The summed E-state index contributed by atoms with van der Waals surface area (Å²) in [5.41, 5.74) is 2.72. The summed E-state index contributed by atoms with van der Waals surface area (Å²) in [7, 11) is 0. The standard InChI is InChI=1S/C20H21BrN4O4/c1-10-14(21)5-4-13-16(10)25(12-2-3-12)18(26)15-17(13)29-19(23-15)24-7-6-11(9-24)8-22-20(27)28/h4-5,11-12,22H,2-3,6-9H2,1H3,(H,27,28)/t11-/m0/s1. The van der Waals surface area contributed by atoms with Crippen LogP contribution in [0.25, 0.3) is 22.0 Å². The van der Waals surface area contributed by atoms with Gasteiger partial charge in [-0.1, -0.05) is 15.9 Å². The molecule has 0 radical (unpaired) electrons. The molecule has 1 atom stereocenters. The summed E-state index contributed by atoms with van der Waals surface area (Å²) in [6.07, 6.45) is 1.83. The van der Waals surface area contributed by atoms with Crippen LogP contribution in [0.3, 0.4) is 0 Å². The van der Waals surface area contributed by atoms with Gasteiger partial charge in [0.15, 0.2) is 11.1 Å². The molecule has 9 heteroatoms. The van der Waals surface area contributed by atoms with Crippen molar-refractivity contribution in [2.45, 2.75) is 32.2 Å². The maximum atomic E-state index is 13.3. The molecule has 1 saturated heterocycles. The lowest BCUT2D eigenvalue weighted by molar-refractivity contribution is 0.192. The smallest absolute Gasteiger partial charge is 0.404 e. The molecule has 2 N–H and O–H groups in total. The maximum absolute atomic E-state index is 13.3. The molecule has 1 aliphatic carbocycles. The molecule has 2 aromatic heterocycles. The van der Waals surface area contributed by atoms with Crippen molar-refractivity contribution in [1.82, 2.24) is 14.9 Å². The van der Waals surface area contributed by atoms with Gasteiger partial charge in [-0.25, -0.2) is 4.79 Å². The number of carbonyl (C=O) groups is 1. The third-order valence-corrected chi connectivity index (χ3v) is 6.76. The van der Waals surface area contributed by atoms with Crippen molar-refractivity contribution in [3.63, 3.8) is 0 Å². The second kappa shape index (κ2) is 6.76. The summed E-state index contributed by atoms with van der Waals surface area (Å²) in [6.45, 7) is 3.77. The van der Waals surface area contributed by atoms with E-state index >= 15 is 0 Å². The number of oxazole rings is 1. The molecule has 1 saturated carbocycles. The molecule has 3 heterocycles. The van der Waals surface area contributed by atoms with Crippen LogP contribution in [0.2, 0.25) is 0 Å². The van der Waals surface area contributed by atoms with Crippen LogP contribution < -0.4 is 15.8 Å². The number of hydrogen-bond donors (Lipinski definition) is 2. The molecule has 8 nitrogen and oxygen atoms in total.